The van der Waals surface area contributed by atoms with Crippen molar-refractivity contribution in [2.24, 2.45) is 5.92 Å². The molecule has 0 aliphatic heterocycles. The predicted octanol–water partition coefficient (Wildman–Crippen LogP) is 0.524. The van der Waals surface area contributed by atoms with Gasteiger partial charge in [0.15, 0.2) is 0 Å². The smallest absolute Gasteiger partial charge is 0.295 e. The Bertz CT molecular complexity index is 96.5. The van der Waals surface area contributed by atoms with E-state index in [-0.39, 0.29) is 12.4 Å². The second-order valence-electron chi connectivity index (χ2n) is 2.42. The summed E-state index contributed by atoms with van der Waals surface area (Å²) in [5.41, 5.74) is 0. The minimum absolute atomic E-state index is 0.0808. The van der Waals surface area contributed by atoms with Gasteiger partial charge in [0.25, 0.3) is 6.47 Å². The van der Waals surface area contributed by atoms with Gasteiger partial charge in [-0.3, -0.25) is 4.79 Å². The average Bonchev–Trinajstić information content (AvgIpc) is 1.65. The number of carbonyl (C=O) groups excluding carboxylic acids is 1. The molecule has 9 heavy (non-hydrogen) atoms. The molecular formula is C6H12O3. The lowest BCUT2D eigenvalue weighted by Crippen LogP contribution is -2.33. The van der Waals surface area contributed by atoms with Gasteiger partial charge in [-0.05, 0) is 0 Å². The fraction of sp³-hybridized carbons (Fsp3) is 0.833. The highest BCUT2D eigenvalue weighted by atomic mass is 16.6. The van der Waals surface area contributed by atoms with Crippen molar-refractivity contribution in [3.05, 3.63) is 0 Å². The zero-order valence-electron chi connectivity index (χ0n) is 5.92. The Morgan fingerprint density at radius 3 is 2.22 bits per heavy atom. The van der Waals surface area contributed by atoms with Gasteiger partial charge in [0.1, 0.15) is 0 Å². The molecule has 0 saturated carbocycles. The lowest BCUT2D eigenvalue weighted by Gasteiger charge is -2.24. The van der Waals surface area contributed by atoms with Crippen molar-refractivity contribution in [1.29, 1.82) is 0 Å². The van der Waals surface area contributed by atoms with Crippen LogP contribution in [0.5, 0.6) is 0 Å². The van der Waals surface area contributed by atoms with E-state index in [0.717, 1.165) is 0 Å². The van der Waals surface area contributed by atoms with Gasteiger partial charge >= 0.3 is 0 Å². The maximum Gasteiger partial charge on any atom is 0.295 e. The quantitative estimate of drug-likeness (QED) is 0.450. The first kappa shape index (κ1) is 8.43. The minimum atomic E-state index is -1.32. The Hall–Kier alpha value is -0.570. The van der Waals surface area contributed by atoms with Crippen molar-refractivity contribution in [1.82, 2.24) is 0 Å². The van der Waals surface area contributed by atoms with Crippen LogP contribution in [0.3, 0.4) is 0 Å². The normalized spacial score (nSPS) is 17.0. The Kier molecular flexibility index (Phi) is 2.65. The summed E-state index contributed by atoms with van der Waals surface area (Å²) in [6.45, 7) is 5.24. The highest BCUT2D eigenvalue weighted by Crippen LogP contribution is 2.15. The van der Waals surface area contributed by atoms with E-state index in [1.807, 2.05) is 0 Å². The molecule has 0 spiro atoms. The first-order valence-electron chi connectivity index (χ1n) is 2.84. The van der Waals surface area contributed by atoms with Crippen LogP contribution in [0.1, 0.15) is 20.8 Å². The molecule has 0 fully saturated rings. The second-order valence-corrected chi connectivity index (χ2v) is 2.42. The van der Waals surface area contributed by atoms with Crippen molar-refractivity contribution in [3.63, 3.8) is 0 Å². The van der Waals surface area contributed by atoms with E-state index in [1.165, 1.54) is 6.92 Å². The lowest BCUT2D eigenvalue weighted by atomic mass is 10.1. The molecule has 1 N–H and O–H groups in total. The fourth-order valence-electron chi connectivity index (χ4n) is 0.233. The standard InChI is InChI=1S/C6H12O3/c1-5(2)6(3,8)9-4-7/h4-5,8H,1-3H3. The number of hydrogen-bond donors (Lipinski definition) is 1. The van der Waals surface area contributed by atoms with Gasteiger partial charge in [-0.15, -0.1) is 0 Å². The van der Waals surface area contributed by atoms with Gasteiger partial charge in [0.05, 0.1) is 0 Å². The van der Waals surface area contributed by atoms with Gasteiger partial charge in [-0.2, -0.15) is 0 Å². The highest BCUT2D eigenvalue weighted by molar-refractivity contribution is 5.37. The van der Waals surface area contributed by atoms with Crippen molar-refractivity contribution in [3.8, 4) is 0 Å². The summed E-state index contributed by atoms with van der Waals surface area (Å²) in [5.74, 6) is -1.40. The van der Waals surface area contributed by atoms with E-state index in [1.54, 1.807) is 13.8 Å². The van der Waals surface area contributed by atoms with Crippen LogP contribution in [0.2, 0.25) is 0 Å². The third kappa shape index (κ3) is 2.46. The van der Waals surface area contributed by atoms with E-state index >= 15 is 0 Å². The molecule has 1 atom stereocenters. The van der Waals surface area contributed by atoms with Gasteiger partial charge in [0.2, 0.25) is 5.79 Å². The van der Waals surface area contributed by atoms with E-state index in [0.29, 0.717) is 0 Å². The first-order chi connectivity index (χ1) is 4.00. The largest absolute Gasteiger partial charge is 0.436 e. The number of aliphatic hydroxyl groups is 1. The Morgan fingerprint density at radius 2 is 2.11 bits per heavy atom. The Morgan fingerprint density at radius 1 is 1.67 bits per heavy atom. The third-order valence-electron chi connectivity index (χ3n) is 1.36. The molecular weight excluding hydrogens is 120 g/mol. The molecule has 0 heterocycles. The molecule has 0 bridgehead atoms. The number of hydrogen-bond acceptors (Lipinski definition) is 3. The van der Waals surface area contributed by atoms with Crippen molar-refractivity contribution >= 4 is 6.47 Å². The topological polar surface area (TPSA) is 46.5 Å². The van der Waals surface area contributed by atoms with Crippen LogP contribution in [-0.4, -0.2) is 17.4 Å². The van der Waals surface area contributed by atoms with Crippen LogP contribution in [0, 0.1) is 5.92 Å². The van der Waals surface area contributed by atoms with Crippen LogP contribution >= 0.6 is 0 Å². The molecule has 0 aliphatic carbocycles. The van der Waals surface area contributed by atoms with Crippen LogP contribution in [0.25, 0.3) is 0 Å². The molecule has 1 unspecified atom stereocenters. The summed E-state index contributed by atoms with van der Waals surface area (Å²) in [4.78, 5) is 9.74. The summed E-state index contributed by atoms with van der Waals surface area (Å²) in [7, 11) is 0. The summed E-state index contributed by atoms with van der Waals surface area (Å²) in [6, 6.07) is 0. The molecule has 0 radical (unpaired) electrons. The summed E-state index contributed by atoms with van der Waals surface area (Å²) >= 11 is 0. The first-order valence-corrected chi connectivity index (χ1v) is 2.84. The summed E-state index contributed by atoms with van der Waals surface area (Å²) in [5, 5.41) is 9.14. The zero-order valence-corrected chi connectivity index (χ0v) is 5.92. The number of ether oxygens (including phenoxy) is 1. The monoisotopic (exact) mass is 132 g/mol. The highest BCUT2D eigenvalue weighted by Gasteiger charge is 2.25. The number of carbonyl (C=O) groups is 1. The van der Waals surface area contributed by atoms with Crippen LogP contribution < -0.4 is 0 Å². The zero-order chi connectivity index (χ0) is 7.49. The van der Waals surface area contributed by atoms with Crippen LogP contribution in [-0.2, 0) is 9.53 Å². The van der Waals surface area contributed by atoms with E-state index in [2.05, 4.69) is 4.74 Å². The summed E-state index contributed by atoms with van der Waals surface area (Å²) in [6.07, 6.45) is 0. The summed E-state index contributed by atoms with van der Waals surface area (Å²) < 4.78 is 4.37. The van der Waals surface area contributed by atoms with E-state index in [9.17, 15) is 4.79 Å². The molecule has 0 saturated heterocycles. The van der Waals surface area contributed by atoms with Crippen LogP contribution in [0.4, 0.5) is 0 Å². The third-order valence-corrected chi connectivity index (χ3v) is 1.36. The molecule has 0 amide bonds. The molecule has 0 aromatic carbocycles. The lowest BCUT2D eigenvalue weighted by molar-refractivity contribution is -0.205. The Labute approximate surface area is 54.6 Å². The predicted molar refractivity (Wildman–Crippen MR) is 32.6 cm³/mol. The van der Waals surface area contributed by atoms with E-state index < -0.39 is 5.79 Å². The second kappa shape index (κ2) is 2.82. The molecule has 3 heteroatoms. The molecule has 3 nitrogen and oxygen atoms in total. The van der Waals surface area contributed by atoms with Gasteiger partial charge < -0.3 is 9.84 Å². The van der Waals surface area contributed by atoms with Crippen LogP contribution in [0.15, 0.2) is 0 Å². The minimum Gasteiger partial charge on any atom is -0.436 e. The molecule has 0 aromatic heterocycles. The van der Waals surface area contributed by atoms with Crippen molar-refractivity contribution in [2.45, 2.75) is 26.6 Å². The molecule has 54 valence electrons. The Balaban J connectivity index is 3.84. The maximum absolute atomic E-state index is 9.74. The fourth-order valence-corrected chi connectivity index (χ4v) is 0.233. The average molecular weight is 132 g/mol. The number of rotatable bonds is 3. The van der Waals surface area contributed by atoms with Crippen molar-refractivity contribution < 1.29 is 14.6 Å². The molecule has 0 aliphatic rings. The van der Waals surface area contributed by atoms with Gasteiger partial charge in [-0.25, -0.2) is 0 Å². The van der Waals surface area contributed by atoms with E-state index in [4.69, 9.17) is 5.11 Å². The SMILES string of the molecule is CC(C)C(C)(O)OC=O. The van der Waals surface area contributed by atoms with Crippen molar-refractivity contribution in [2.75, 3.05) is 0 Å². The maximum atomic E-state index is 9.74. The van der Waals surface area contributed by atoms with Gasteiger partial charge in [0, 0.05) is 12.8 Å². The molecule has 0 rings (SSSR count). The van der Waals surface area contributed by atoms with Gasteiger partial charge in [-0.1, -0.05) is 13.8 Å². The molecule has 0 aromatic rings.